The third kappa shape index (κ3) is 3.40. The predicted molar refractivity (Wildman–Crippen MR) is 92.1 cm³/mol. The van der Waals surface area contributed by atoms with Crippen LogP contribution in [0.5, 0.6) is 0 Å². The summed E-state index contributed by atoms with van der Waals surface area (Å²) in [6.07, 6.45) is 2.49. The molecule has 0 spiro atoms. The number of thiophene rings is 1. The van der Waals surface area contributed by atoms with Gasteiger partial charge in [-0.1, -0.05) is 18.1 Å². The molecule has 0 amide bonds. The first-order chi connectivity index (χ1) is 11.5. The van der Waals surface area contributed by atoms with E-state index in [1.807, 2.05) is 31.2 Å². The summed E-state index contributed by atoms with van der Waals surface area (Å²) in [6.45, 7) is 2.11. The molecule has 3 aromatic rings. The fourth-order valence-corrected chi connectivity index (χ4v) is 4.81. The van der Waals surface area contributed by atoms with Crippen LogP contribution >= 0.6 is 11.3 Å². The summed E-state index contributed by atoms with van der Waals surface area (Å²) in [7, 11) is -2.00. The molecule has 3 aromatic heterocycles. The van der Waals surface area contributed by atoms with Crippen LogP contribution in [0.15, 0.2) is 51.3 Å². The van der Waals surface area contributed by atoms with Crippen LogP contribution < -0.4 is 0 Å². The first kappa shape index (κ1) is 16.8. The van der Waals surface area contributed by atoms with Crippen LogP contribution in [0.3, 0.4) is 0 Å². The Morgan fingerprint density at radius 1 is 1.21 bits per heavy atom. The van der Waals surface area contributed by atoms with E-state index in [4.69, 9.17) is 4.52 Å². The van der Waals surface area contributed by atoms with E-state index in [0.29, 0.717) is 21.4 Å². The standard InChI is InChI=1S/C16H17N3O3S2/c1-3-13-7-8-16(23-13)24(20,21)19(2)11-12-10-15(18-22-12)14-6-4-5-9-17-14/h4-10H,3,11H2,1-2H3. The Bertz CT molecular complexity index is 917. The molecule has 8 heteroatoms. The topological polar surface area (TPSA) is 76.3 Å². The third-order valence-corrected chi connectivity index (χ3v) is 7.02. The van der Waals surface area contributed by atoms with Gasteiger partial charge in [-0.05, 0) is 30.7 Å². The highest BCUT2D eigenvalue weighted by molar-refractivity contribution is 7.91. The summed E-state index contributed by atoms with van der Waals surface area (Å²) in [5.41, 5.74) is 1.27. The molecule has 6 nitrogen and oxygen atoms in total. The highest BCUT2D eigenvalue weighted by Gasteiger charge is 2.24. The fourth-order valence-electron chi connectivity index (χ4n) is 2.17. The normalized spacial score (nSPS) is 12.0. The largest absolute Gasteiger partial charge is 0.359 e. The zero-order valence-electron chi connectivity index (χ0n) is 13.3. The Hall–Kier alpha value is -2.03. The van der Waals surface area contributed by atoms with Gasteiger partial charge >= 0.3 is 0 Å². The van der Waals surface area contributed by atoms with Crippen molar-refractivity contribution in [3.63, 3.8) is 0 Å². The number of hydrogen-bond donors (Lipinski definition) is 0. The maximum Gasteiger partial charge on any atom is 0.252 e. The number of nitrogens with zero attached hydrogens (tertiary/aromatic N) is 3. The minimum absolute atomic E-state index is 0.113. The molecule has 0 N–H and O–H groups in total. The zero-order valence-corrected chi connectivity index (χ0v) is 15.0. The van der Waals surface area contributed by atoms with Crippen LogP contribution in [0, 0.1) is 0 Å². The molecular weight excluding hydrogens is 346 g/mol. The highest BCUT2D eigenvalue weighted by atomic mass is 32.2. The predicted octanol–water partition coefficient (Wildman–Crippen LogP) is 3.18. The van der Waals surface area contributed by atoms with Gasteiger partial charge in [0.25, 0.3) is 10.0 Å². The number of aromatic nitrogens is 2. The summed E-state index contributed by atoms with van der Waals surface area (Å²) in [5, 5.41) is 3.96. The van der Waals surface area contributed by atoms with Crippen molar-refractivity contribution in [3.8, 4) is 11.4 Å². The van der Waals surface area contributed by atoms with Gasteiger partial charge in [0.1, 0.15) is 9.90 Å². The quantitative estimate of drug-likeness (QED) is 0.672. The number of aryl methyl sites for hydroxylation is 1. The van der Waals surface area contributed by atoms with Gasteiger partial charge in [-0.15, -0.1) is 11.3 Å². The summed E-state index contributed by atoms with van der Waals surface area (Å²) in [6, 6.07) is 10.7. The molecule has 0 bridgehead atoms. The number of hydrogen-bond acceptors (Lipinski definition) is 6. The van der Waals surface area contributed by atoms with Gasteiger partial charge in [0.05, 0.1) is 12.2 Å². The van der Waals surface area contributed by atoms with Gasteiger partial charge in [-0.25, -0.2) is 8.42 Å². The van der Waals surface area contributed by atoms with Gasteiger partial charge < -0.3 is 4.52 Å². The molecule has 24 heavy (non-hydrogen) atoms. The van der Waals surface area contributed by atoms with E-state index in [9.17, 15) is 8.42 Å². The van der Waals surface area contributed by atoms with Crippen molar-refractivity contribution in [2.24, 2.45) is 0 Å². The van der Waals surface area contributed by atoms with Crippen LogP contribution in [-0.2, 0) is 23.0 Å². The van der Waals surface area contributed by atoms with Crippen LogP contribution in [0.2, 0.25) is 0 Å². The molecule has 126 valence electrons. The summed E-state index contributed by atoms with van der Waals surface area (Å²) in [5.74, 6) is 0.467. The van der Waals surface area contributed by atoms with Crippen LogP contribution in [0.1, 0.15) is 17.6 Å². The average Bonchev–Trinajstić information content (AvgIpc) is 3.25. The molecule has 3 rings (SSSR count). The van der Waals surface area contributed by atoms with E-state index in [1.165, 1.54) is 22.7 Å². The van der Waals surface area contributed by atoms with E-state index in [2.05, 4.69) is 10.1 Å². The zero-order chi connectivity index (χ0) is 17.2. The second-order valence-electron chi connectivity index (χ2n) is 5.23. The molecule has 0 aromatic carbocycles. The smallest absolute Gasteiger partial charge is 0.252 e. The maximum atomic E-state index is 12.6. The molecule has 0 aliphatic carbocycles. The monoisotopic (exact) mass is 363 g/mol. The molecule has 0 saturated heterocycles. The van der Waals surface area contributed by atoms with Gasteiger partial charge in [-0.2, -0.15) is 4.31 Å². The van der Waals surface area contributed by atoms with E-state index in [0.717, 1.165) is 11.3 Å². The van der Waals surface area contributed by atoms with Crippen LogP contribution in [-0.4, -0.2) is 29.9 Å². The lowest BCUT2D eigenvalue weighted by molar-refractivity contribution is 0.344. The molecule has 0 saturated carbocycles. The highest BCUT2D eigenvalue weighted by Crippen LogP contribution is 2.26. The molecule has 0 unspecified atom stereocenters. The molecule has 0 atom stereocenters. The lowest BCUT2D eigenvalue weighted by Gasteiger charge is -2.13. The third-order valence-electron chi connectivity index (χ3n) is 3.51. The molecule has 3 heterocycles. The molecule has 0 radical (unpaired) electrons. The Labute approximate surface area is 144 Å². The maximum absolute atomic E-state index is 12.6. The van der Waals surface area contributed by atoms with E-state index in [1.54, 1.807) is 18.3 Å². The Balaban J connectivity index is 1.77. The SMILES string of the molecule is CCc1ccc(S(=O)(=O)N(C)Cc2cc(-c3ccccn3)no2)s1. The van der Waals surface area contributed by atoms with Crippen molar-refractivity contribution in [1.29, 1.82) is 0 Å². The van der Waals surface area contributed by atoms with Crippen LogP contribution in [0.25, 0.3) is 11.4 Å². The van der Waals surface area contributed by atoms with Crippen molar-refractivity contribution in [3.05, 3.63) is 53.2 Å². The molecule has 0 fully saturated rings. The number of pyridine rings is 1. The number of sulfonamides is 1. The van der Waals surface area contributed by atoms with Crippen molar-refractivity contribution >= 4 is 21.4 Å². The lowest BCUT2D eigenvalue weighted by Crippen LogP contribution is -2.25. The van der Waals surface area contributed by atoms with E-state index < -0.39 is 10.0 Å². The Morgan fingerprint density at radius 2 is 2.04 bits per heavy atom. The van der Waals surface area contributed by atoms with Gasteiger partial charge in [0, 0.05) is 24.2 Å². The second kappa shape index (κ2) is 6.84. The van der Waals surface area contributed by atoms with E-state index >= 15 is 0 Å². The Morgan fingerprint density at radius 3 is 2.71 bits per heavy atom. The van der Waals surface area contributed by atoms with Crippen molar-refractivity contribution in [2.75, 3.05) is 7.05 Å². The number of rotatable bonds is 6. The minimum atomic E-state index is -3.53. The van der Waals surface area contributed by atoms with Crippen molar-refractivity contribution < 1.29 is 12.9 Å². The summed E-state index contributed by atoms with van der Waals surface area (Å²) in [4.78, 5) is 5.24. The molecule has 0 aliphatic heterocycles. The first-order valence-corrected chi connectivity index (χ1v) is 9.68. The summed E-state index contributed by atoms with van der Waals surface area (Å²) >= 11 is 1.29. The molecule has 0 aliphatic rings. The van der Waals surface area contributed by atoms with Gasteiger partial charge in [-0.3, -0.25) is 4.98 Å². The summed E-state index contributed by atoms with van der Waals surface area (Å²) < 4.78 is 32.1. The van der Waals surface area contributed by atoms with E-state index in [-0.39, 0.29) is 6.54 Å². The lowest BCUT2D eigenvalue weighted by atomic mass is 10.2. The van der Waals surface area contributed by atoms with Crippen LogP contribution in [0.4, 0.5) is 0 Å². The van der Waals surface area contributed by atoms with Gasteiger partial charge in [0.2, 0.25) is 0 Å². The second-order valence-corrected chi connectivity index (χ2v) is 8.67. The van der Waals surface area contributed by atoms with Gasteiger partial charge in [0.15, 0.2) is 5.76 Å². The minimum Gasteiger partial charge on any atom is -0.359 e. The average molecular weight is 363 g/mol. The fraction of sp³-hybridized carbons (Fsp3) is 0.250. The van der Waals surface area contributed by atoms with Crippen molar-refractivity contribution in [1.82, 2.24) is 14.4 Å². The first-order valence-electron chi connectivity index (χ1n) is 7.42. The van der Waals surface area contributed by atoms with Crippen molar-refractivity contribution in [2.45, 2.75) is 24.1 Å². The Kier molecular flexibility index (Phi) is 4.79. The molecular formula is C16H17N3O3S2.